The fourth-order valence-corrected chi connectivity index (χ4v) is 2.28. The Balaban J connectivity index is 2.26. The lowest BCUT2D eigenvalue weighted by molar-refractivity contribution is 0.241. The Kier molecular flexibility index (Phi) is 4.81. The largest absolute Gasteiger partial charge is 0.489 e. The van der Waals surface area contributed by atoms with Crippen LogP contribution < -0.4 is 10.1 Å². The van der Waals surface area contributed by atoms with Gasteiger partial charge in [-0.3, -0.25) is 4.98 Å². The van der Waals surface area contributed by atoms with Crippen molar-refractivity contribution in [1.82, 2.24) is 19.0 Å². The molecule has 0 saturated carbocycles. The van der Waals surface area contributed by atoms with Crippen LogP contribution in [0.5, 0.6) is 5.75 Å². The van der Waals surface area contributed by atoms with E-state index in [1.165, 1.54) is 11.7 Å². The summed E-state index contributed by atoms with van der Waals surface area (Å²) < 4.78 is 14.0. The van der Waals surface area contributed by atoms with Crippen LogP contribution in [0.1, 0.15) is 38.1 Å². The SMILES string of the molecule is CCNC(c1cncc(OC(C)C)c1)c1cnsn1. The Morgan fingerprint density at radius 1 is 1.32 bits per heavy atom. The number of rotatable bonds is 6. The number of hydrogen-bond donors (Lipinski definition) is 1. The normalized spacial score (nSPS) is 12.6. The minimum absolute atomic E-state index is 0.00645. The van der Waals surface area contributed by atoms with Gasteiger partial charge in [-0.25, -0.2) is 0 Å². The standard InChI is InChI=1S/C13H18N4OS/c1-4-15-13(12-8-16-19-17-12)10-5-11(7-14-6-10)18-9(2)3/h5-9,13,15H,4H2,1-3H3. The van der Waals surface area contributed by atoms with Crippen LogP contribution in [0.15, 0.2) is 24.7 Å². The molecule has 1 unspecified atom stereocenters. The van der Waals surface area contributed by atoms with Crippen molar-refractivity contribution in [3.63, 3.8) is 0 Å². The number of ether oxygens (including phenoxy) is 1. The Hall–Kier alpha value is -1.53. The Labute approximate surface area is 117 Å². The molecule has 0 aliphatic rings. The van der Waals surface area contributed by atoms with Crippen LogP contribution in [0.25, 0.3) is 0 Å². The number of nitrogens with one attached hydrogen (secondary N) is 1. The average Bonchev–Trinajstić information content (AvgIpc) is 2.89. The molecule has 1 atom stereocenters. The van der Waals surface area contributed by atoms with Gasteiger partial charge >= 0.3 is 0 Å². The van der Waals surface area contributed by atoms with Gasteiger partial charge in [0.25, 0.3) is 0 Å². The van der Waals surface area contributed by atoms with Crippen molar-refractivity contribution >= 4 is 11.7 Å². The number of aromatic nitrogens is 3. The molecule has 0 amide bonds. The summed E-state index contributed by atoms with van der Waals surface area (Å²) in [5.74, 6) is 0.776. The Morgan fingerprint density at radius 2 is 2.16 bits per heavy atom. The lowest BCUT2D eigenvalue weighted by Gasteiger charge is -2.17. The van der Waals surface area contributed by atoms with E-state index >= 15 is 0 Å². The van der Waals surface area contributed by atoms with Gasteiger partial charge in [0, 0.05) is 6.20 Å². The van der Waals surface area contributed by atoms with E-state index in [0.717, 1.165) is 23.6 Å². The molecule has 2 heterocycles. The van der Waals surface area contributed by atoms with Crippen LogP contribution >= 0.6 is 11.7 Å². The summed E-state index contributed by atoms with van der Waals surface area (Å²) in [4.78, 5) is 4.24. The summed E-state index contributed by atoms with van der Waals surface area (Å²) in [6.45, 7) is 6.91. The molecule has 2 aromatic rings. The van der Waals surface area contributed by atoms with Gasteiger partial charge in [0.05, 0.1) is 42.0 Å². The Morgan fingerprint density at radius 3 is 2.79 bits per heavy atom. The second-order valence-corrected chi connectivity index (χ2v) is 5.00. The second kappa shape index (κ2) is 6.58. The molecule has 0 aliphatic carbocycles. The first kappa shape index (κ1) is 13.9. The maximum absolute atomic E-state index is 5.68. The van der Waals surface area contributed by atoms with E-state index in [9.17, 15) is 0 Å². The van der Waals surface area contributed by atoms with Crippen LogP contribution in [-0.2, 0) is 0 Å². The topological polar surface area (TPSA) is 59.9 Å². The highest BCUT2D eigenvalue weighted by molar-refractivity contribution is 6.99. The predicted molar refractivity (Wildman–Crippen MR) is 75.4 cm³/mol. The second-order valence-electron chi connectivity index (χ2n) is 4.44. The number of pyridine rings is 1. The molecule has 0 saturated heterocycles. The molecular weight excluding hydrogens is 260 g/mol. The molecule has 102 valence electrons. The van der Waals surface area contributed by atoms with Gasteiger partial charge in [-0.05, 0) is 32.0 Å². The molecule has 19 heavy (non-hydrogen) atoms. The fourth-order valence-electron chi connectivity index (χ4n) is 1.83. The molecule has 0 spiro atoms. The molecule has 2 aromatic heterocycles. The third-order valence-electron chi connectivity index (χ3n) is 2.52. The molecule has 0 fully saturated rings. The van der Waals surface area contributed by atoms with Gasteiger partial charge in [-0.2, -0.15) is 8.75 Å². The van der Waals surface area contributed by atoms with Crippen molar-refractivity contribution in [3.05, 3.63) is 35.9 Å². The molecule has 0 radical (unpaired) electrons. The van der Waals surface area contributed by atoms with Crippen LogP contribution in [0.3, 0.4) is 0 Å². The molecule has 1 N–H and O–H groups in total. The summed E-state index contributed by atoms with van der Waals surface area (Å²) in [6, 6.07) is 2.01. The summed E-state index contributed by atoms with van der Waals surface area (Å²) in [5.41, 5.74) is 1.95. The monoisotopic (exact) mass is 278 g/mol. The molecule has 2 rings (SSSR count). The van der Waals surface area contributed by atoms with Gasteiger partial charge in [0.2, 0.25) is 0 Å². The Bertz CT molecular complexity index is 501. The first-order valence-corrected chi connectivity index (χ1v) is 7.06. The number of hydrogen-bond acceptors (Lipinski definition) is 6. The third-order valence-corrected chi connectivity index (χ3v) is 3.01. The first-order valence-electron chi connectivity index (χ1n) is 6.33. The average molecular weight is 278 g/mol. The van der Waals surface area contributed by atoms with Crippen LogP contribution in [0, 0.1) is 0 Å². The zero-order valence-corrected chi connectivity index (χ0v) is 12.1. The van der Waals surface area contributed by atoms with Crippen LogP contribution in [-0.4, -0.2) is 26.4 Å². The molecular formula is C13H18N4OS. The lowest BCUT2D eigenvalue weighted by Crippen LogP contribution is -2.22. The van der Waals surface area contributed by atoms with Crippen molar-refractivity contribution in [3.8, 4) is 5.75 Å². The molecule has 0 bridgehead atoms. The third kappa shape index (κ3) is 3.71. The van der Waals surface area contributed by atoms with E-state index in [1.54, 1.807) is 12.4 Å². The van der Waals surface area contributed by atoms with Gasteiger partial charge in [0.1, 0.15) is 5.75 Å². The van der Waals surface area contributed by atoms with E-state index in [0.29, 0.717) is 0 Å². The van der Waals surface area contributed by atoms with E-state index in [1.807, 2.05) is 26.1 Å². The zero-order valence-electron chi connectivity index (χ0n) is 11.3. The van der Waals surface area contributed by atoms with Crippen molar-refractivity contribution in [2.24, 2.45) is 0 Å². The summed E-state index contributed by atoms with van der Waals surface area (Å²) >= 11 is 1.21. The first-order chi connectivity index (χ1) is 9.20. The van der Waals surface area contributed by atoms with Crippen LogP contribution in [0.2, 0.25) is 0 Å². The molecule has 0 aliphatic heterocycles. The summed E-state index contributed by atoms with van der Waals surface area (Å²) in [6.07, 6.45) is 5.48. The molecule has 0 aromatic carbocycles. The number of nitrogens with zero attached hydrogens (tertiary/aromatic N) is 3. The van der Waals surface area contributed by atoms with Crippen molar-refractivity contribution in [2.45, 2.75) is 32.9 Å². The summed E-state index contributed by atoms with van der Waals surface area (Å²) in [7, 11) is 0. The van der Waals surface area contributed by atoms with Gasteiger partial charge in [-0.1, -0.05) is 6.92 Å². The van der Waals surface area contributed by atoms with E-state index in [-0.39, 0.29) is 12.1 Å². The minimum atomic E-state index is 0.00645. The van der Waals surface area contributed by atoms with Crippen molar-refractivity contribution in [2.75, 3.05) is 6.54 Å². The quantitative estimate of drug-likeness (QED) is 0.879. The highest BCUT2D eigenvalue weighted by Gasteiger charge is 2.16. The highest BCUT2D eigenvalue weighted by Crippen LogP contribution is 2.23. The van der Waals surface area contributed by atoms with Crippen molar-refractivity contribution in [1.29, 1.82) is 0 Å². The van der Waals surface area contributed by atoms with E-state index in [2.05, 4.69) is 26.0 Å². The summed E-state index contributed by atoms with van der Waals surface area (Å²) in [5, 5.41) is 3.39. The lowest BCUT2D eigenvalue weighted by atomic mass is 10.1. The molecule has 6 heteroatoms. The maximum atomic E-state index is 5.68. The molecule has 5 nitrogen and oxygen atoms in total. The van der Waals surface area contributed by atoms with E-state index in [4.69, 9.17) is 4.74 Å². The zero-order chi connectivity index (χ0) is 13.7. The van der Waals surface area contributed by atoms with Crippen molar-refractivity contribution < 1.29 is 4.74 Å². The van der Waals surface area contributed by atoms with Gasteiger partial charge < -0.3 is 10.1 Å². The highest BCUT2D eigenvalue weighted by atomic mass is 32.1. The minimum Gasteiger partial charge on any atom is -0.489 e. The van der Waals surface area contributed by atoms with E-state index < -0.39 is 0 Å². The maximum Gasteiger partial charge on any atom is 0.138 e. The van der Waals surface area contributed by atoms with Crippen LogP contribution in [0.4, 0.5) is 0 Å². The van der Waals surface area contributed by atoms with Gasteiger partial charge in [-0.15, -0.1) is 0 Å². The van der Waals surface area contributed by atoms with Gasteiger partial charge in [0.15, 0.2) is 0 Å². The fraction of sp³-hybridized carbons (Fsp3) is 0.462. The predicted octanol–water partition coefficient (Wildman–Crippen LogP) is 2.42. The smallest absolute Gasteiger partial charge is 0.138 e.